The van der Waals surface area contributed by atoms with E-state index in [1.165, 1.54) is 38.5 Å². The fraction of sp³-hybridized carbons (Fsp3) is 0.562. The van der Waals surface area contributed by atoms with Crippen LogP contribution in [0.3, 0.4) is 0 Å². The second kappa shape index (κ2) is 5.76. The lowest BCUT2D eigenvalue weighted by molar-refractivity contribution is 0.0697. The summed E-state index contributed by atoms with van der Waals surface area (Å²) in [4.78, 5) is 13.9. The number of carbonyl (C=O) groups is 1. The molecular weight excluding hydrogens is 318 g/mol. The van der Waals surface area contributed by atoms with Crippen LogP contribution in [-0.2, 0) is 0 Å². The van der Waals surface area contributed by atoms with E-state index in [-0.39, 0.29) is 0 Å². The van der Waals surface area contributed by atoms with Crippen LogP contribution in [0.1, 0.15) is 48.9 Å². The predicted octanol–water partition coefficient (Wildman–Crippen LogP) is 4.31. The number of carboxylic acid groups (broad SMARTS) is 1. The van der Waals surface area contributed by atoms with Crippen molar-refractivity contribution in [3.63, 3.8) is 0 Å². The summed E-state index contributed by atoms with van der Waals surface area (Å²) in [7, 11) is 0. The lowest BCUT2D eigenvalue weighted by atomic mass is 9.78. The quantitative estimate of drug-likeness (QED) is 0.874. The van der Waals surface area contributed by atoms with Crippen molar-refractivity contribution in [3.05, 3.63) is 28.2 Å². The Kier molecular flexibility index (Phi) is 4.01. The molecule has 2 atom stereocenters. The van der Waals surface area contributed by atoms with Crippen LogP contribution in [0.25, 0.3) is 0 Å². The number of nitrogens with zero attached hydrogens (tertiary/aromatic N) is 1. The van der Waals surface area contributed by atoms with Gasteiger partial charge < -0.3 is 10.0 Å². The molecule has 108 valence electrons. The Morgan fingerprint density at radius 3 is 2.75 bits per heavy atom. The number of aromatic carboxylic acids is 1. The van der Waals surface area contributed by atoms with Gasteiger partial charge in [0, 0.05) is 17.1 Å². The lowest BCUT2D eigenvalue weighted by Gasteiger charge is -2.45. The molecule has 2 fully saturated rings. The predicted molar refractivity (Wildman–Crippen MR) is 83.4 cm³/mol. The summed E-state index contributed by atoms with van der Waals surface area (Å²) in [5, 5.41) is 9.47. The Balaban J connectivity index is 1.96. The maximum Gasteiger partial charge on any atom is 0.337 e. The van der Waals surface area contributed by atoms with Gasteiger partial charge in [-0.2, -0.15) is 0 Å². The average Bonchev–Trinajstić information content (AvgIpc) is 2.46. The van der Waals surface area contributed by atoms with Gasteiger partial charge in [0.25, 0.3) is 0 Å². The van der Waals surface area contributed by atoms with Crippen molar-refractivity contribution >= 4 is 27.6 Å². The number of hydrogen-bond donors (Lipinski definition) is 1. The van der Waals surface area contributed by atoms with Gasteiger partial charge >= 0.3 is 5.97 Å². The molecule has 1 N–H and O–H groups in total. The average molecular weight is 338 g/mol. The summed E-state index contributed by atoms with van der Waals surface area (Å²) in [6, 6.07) is 6.18. The summed E-state index contributed by atoms with van der Waals surface area (Å²) in [5.41, 5.74) is 1.32. The molecule has 1 aromatic rings. The van der Waals surface area contributed by atoms with Crippen molar-refractivity contribution in [1.82, 2.24) is 0 Å². The third kappa shape index (κ3) is 2.58. The van der Waals surface area contributed by atoms with E-state index in [2.05, 4.69) is 20.8 Å². The van der Waals surface area contributed by atoms with Crippen LogP contribution in [0.5, 0.6) is 0 Å². The molecule has 3 rings (SSSR count). The maximum atomic E-state index is 11.5. The van der Waals surface area contributed by atoms with Gasteiger partial charge in [-0.25, -0.2) is 4.79 Å². The smallest absolute Gasteiger partial charge is 0.337 e. The first-order valence-electron chi connectivity index (χ1n) is 7.46. The molecule has 0 radical (unpaired) electrons. The number of halogens is 1. The van der Waals surface area contributed by atoms with E-state index >= 15 is 0 Å². The van der Waals surface area contributed by atoms with Gasteiger partial charge in [0.15, 0.2) is 0 Å². The normalized spacial score (nSPS) is 26.1. The van der Waals surface area contributed by atoms with Crippen molar-refractivity contribution in [1.29, 1.82) is 0 Å². The van der Waals surface area contributed by atoms with Crippen molar-refractivity contribution in [2.45, 2.75) is 44.6 Å². The van der Waals surface area contributed by atoms with Gasteiger partial charge in [-0.3, -0.25) is 0 Å². The standard InChI is InChI=1S/C16H20BrNO2/c17-12-7-8-15(13(10-12)16(19)20)18-9-3-5-11-4-1-2-6-14(11)18/h7-8,10-11,14H,1-6,9H2,(H,19,20). The highest BCUT2D eigenvalue weighted by molar-refractivity contribution is 9.10. The molecule has 0 spiro atoms. The Hall–Kier alpha value is -1.03. The second-order valence-corrected chi connectivity index (χ2v) is 6.83. The number of fused-ring (bicyclic) bond motifs is 1. The Morgan fingerprint density at radius 1 is 1.20 bits per heavy atom. The first kappa shape index (κ1) is 13.9. The van der Waals surface area contributed by atoms with Gasteiger partial charge in [-0.1, -0.05) is 28.8 Å². The molecular formula is C16H20BrNO2. The SMILES string of the molecule is O=C(O)c1cc(Br)ccc1N1CCCC2CCCCC21. The van der Waals surface area contributed by atoms with Crippen LogP contribution in [0.15, 0.2) is 22.7 Å². The number of carboxylic acids is 1. The molecule has 1 aromatic carbocycles. The largest absolute Gasteiger partial charge is 0.478 e. The zero-order valence-electron chi connectivity index (χ0n) is 11.5. The van der Waals surface area contributed by atoms with Gasteiger partial charge in [0.1, 0.15) is 0 Å². The Labute approximate surface area is 128 Å². The van der Waals surface area contributed by atoms with E-state index in [9.17, 15) is 9.90 Å². The molecule has 0 aromatic heterocycles. The maximum absolute atomic E-state index is 11.5. The first-order chi connectivity index (χ1) is 9.66. The van der Waals surface area contributed by atoms with Crippen molar-refractivity contribution < 1.29 is 9.90 Å². The van der Waals surface area contributed by atoms with E-state index in [1.807, 2.05) is 12.1 Å². The zero-order chi connectivity index (χ0) is 14.1. The van der Waals surface area contributed by atoms with Gasteiger partial charge in [0.2, 0.25) is 0 Å². The molecule has 1 saturated carbocycles. The van der Waals surface area contributed by atoms with Crippen LogP contribution in [-0.4, -0.2) is 23.7 Å². The molecule has 0 bridgehead atoms. The summed E-state index contributed by atoms with van der Waals surface area (Å²) < 4.78 is 0.829. The Bertz CT molecular complexity index is 515. The van der Waals surface area contributed by atoms with Crippen molar-refractivity contribution in [2.75, 3.05) is 11.4 Å². The minimum atomic E-state index is -0.834. The molecule has 0 amide bonds. The molecule has 20 heavy (non-hydrogen) atoms. The fourth-order valence-corrected chi connectivity index (χ4v) is 4.21. The van der Waals surface area contributed by atoms with E-state index in [0.717, 1.165) is 22.6 Å². The zero-order valence-corrected chi connectivity index (χ0v) is 13.1. The number of rotatable bonds is 2. The van der Waals surface area contributed by atoms with Gasteiger partial charge in [0.05, 0.1) is 11.3 Å². The molecule has 1 heterocycles. The van der Waals surface area contributed by atoms with Crippen LogP contribution in [0, 0.1) is 5.92 Å². The second-order valence-electron chi connectivity index (χ2n) is 5.91. The highest BCUT2D eigenvalue weighted by Crippen LogP contribution is 2.39. The highest BCUT2D eigenvalue weighted by atomic mass is 79.9. The van der Waals surface area contributed by atoms with Crippen LogP contribution in [0.4, 0.5) is 5.69 Å². The van der Waals surface area contributed by atoms with Gasteiger partial charge in [-0.05, 0) is 49.8 Å². The van der Waals surface area contributed by atoms with Crippen molar-refractivity contribution in [2.24, 2.45) is 5.92 Å². The van der Waals surface area contributed by atoms with E-state index < -0.39 is 5.97 Å². The van der Waals surface area contributed by atoms with Crippen LogP contribution in [0.2, 0.25) is 0 Å². The molecule has 2 unspecified atom stereocenters. The van der Waals surface area contributed by atoms with E-state index in [0.29, 0.717) is 11.6 Å². The monoisotopic (exact) mass is 337 g/mol. The van der Waals surface area contributed by atoms with Gasteiger partial charge in [-0.15, -0.1) is 0 Å². The summed E-state index contributed by atoms with van der Waals surface area (Å²) in [5.74, 6) is -0.0815. The van der Waals surface area contributed by atoms with E-state index in [1.54, 1.807) is 6.07 Å². The summed E-state index contributed by atoms with van der Waals surface area (Å²) in [6.45, 7) is 0.989. The summed E-state index contributed by atoms with van der Waals surface area (Å²) >= 11 is 3.38. The number of anilines is 1. The number of hydrogen-bond acceptors (Lipinski definition) is 2. The molecule has 1 aliphatic heterocycles. The molecule has 2 aliphatic rings. The first-order valence-corrected chi connectivity index (χ1v) is 8.25. The third-order valence-corrected chi connectivity index (χ3v) is 5.23. The van der Waals surface area contributed by atoms with Crippen molar-refractivity contribution in [3.8, 4) is 0 Å². The third-order valence-electron chi connectivity index (χ3n) is 4.74. The molecule has 1 aliphatic carbocycles. The van der Waals surface area contributed by atoms with E-state index in [4.69, 9.17) is 0 Å². The number of piperidine rings is 1. The highest BCUT2D eigenvalue weighted by Gasteiger charge is 2.34. The Morgan fingerprint density at radius 2 is 1.95 bits per heavy atom. The summed E-state index contributed by atoms with van der Waals surface area (Å²) in [6.07, 6.45) is 7.61. The minimum absolute atomic E-state index is 0.422. The van der Waals surface area contributed by atoms with Crippen LogP contribution >= 0.6 is 15.9 Å². The lowest BCUT2D eigenvalue weighted by Crippen LogP contribution is -2.47. The number of benzene rings is 1. The molecule has 3 nitrogen and oxygen atoms in total. The minimum Gasteiger partial charge on any atom is -0.478 e. The molecule has 1 saturated heterocycles. The fourth-order valence-electron chi connectivity index (χ4n) is 3.85. The topological polar surface area (TPSA) is 40.5 Å². The van der Waals surface area contributed by atoms with Crippen LogP contribution < -0.4 is 4.90 Å². The molecule has 4 heteroatoms.